The van der Waals surface area contributed by atoms with Gasteiger partial charge in [-0.25, -0.2) is 18.4 Å². The van der Waals surface area contributed by atoms with Crippen LogP contribution in [-0.2, 0) is 9.84 Å². The molecule has 0 atom stereocenters. The van der Waals surface area contributed by atoms with E-state index in [1.54, 1.807) is 13.1 Å². The molecule has 1 aliphatic rings. The van der Waals surface area contributed by atoms with E-state index < -0.39 is 9.84 Å². The van der Waals surface area contributed by atoms with Gasteiger partial charge in [0.1, 0.15) is 11.6 Å². The number of hydrogen-bond donors (Lipinski definition) is 2. The number of anilines is 1. The lowest BCUT2D eigenvalue weighted by Gasteiger charge is -2.26. The van der Waals surface area contributed by atoms with Gasteiger partial charge in [-0.3, -0.25) is 4.79 Å². The van der Waals surface area contributed by atoms with Crippen LogP contribution in [0.2, 0.25) is 0 Å². The van der Waals surface area contributed by atoms with E-state index in [0.717, 1.165) is 30.9 Å². The Hall–Kier alpha value is -2.26. The molecule has 1 fully saturated rings. The summed E-state index contributed by atoms with van der Waals surface area (Å²) in [5, 5.41) is 3.26. The Morgan fingerprint density at radius 1 is 1.22 bits per heavy atom. The normalized spacial score (nSPS) is 17.0. The molecule has 0 bridgehead atoms. The third-order valence-corrected chi connectivity index (χ3v) is 6.44. The van der Waals surface area contributed by atoms with Gasteiger partial charge in [0.05, 0.1) is 11.5 Å². The Bertz CT molecular complexity index is 940. The molecular formula is C18H25N5O3S. The highest BCUT2D eigenvalue weighted by molar-refractivity contribution is 7.91. The van der Waals surface area contributed by atoms with Crippen molar-refractivity contribution in [2.75, 3.05) is 43.0 Å². The minimum atomic E-state index is -2.82. The molecule has 1 saturated heterocycles. The first kappa shape index (κ1) is 19.5. The molecule has 8 nitrogen and oxygen atoms in total. The molecule has 2 aromatic rings. The summed E-state index contributed by atoms with van der Waals surface area (Å²) >= 11 is 0. The van der Waals surface area contributed by atoms with Gasteiger partial charge in [0.25, 0.3) is 5.56 Å². The number of nitrogens with zero attached hydrogens (tertiary/aromatic N) is 3. The van der Waals surface area contributed by atoms with Gasteiger partial charge >= 0.3 is 0 Å². The first-order chi connectivity index (χ1) is 12.8. The van der Waals surface area contributed by atoms with Gasteiger partial charge in [-0.05, 0) is 38.9 Å². The molecule has 27 heavy (non-hydrogen) atoms. The summed E-state index contributed by atoms with van der Waals surface area (Å²) in [6.45, 7) is 6.43. The SMILES string of the molecule is Cc1nc(-c2ccc(NCCCN3CCS(=O)(=O)CC3)nc2)[nH]c(=O)c1C. The lowest BCUT2D eigenvalue weighted by atomic mass is 10.2. The fourth-order valence-electron chi connectivity index (χ4n) is 2.91. The third-order valence-electron chi connectivity index (χ3n) is 4.83. The van der Waals surface area contributed by atoms with Crippen LogP contribution in [0.15, 0.2) is 23.1 Å². The predicted molar refractivity (Wildman–Crippen MR) is 106 cm³/mol. The van der Waals surface area contributed by atoms with Crippen molar-refractivity contribution in [3.63, 3.8) is 0 Å². The van der Waals surface area contributed by atoms with Crippen LogP contribution in [0.4, 0.5) is 5.82 Å². The number of aryl methyl sites for hydroxylation is 1. The van der Waals surface area contributed by atoms with Crippen molar-refractivity contribution in [3.8, 4) is 11.4 Å². The summed E-state index contributed by atoms with van der Waals surface area (Å²) in [6.07, 6.45) is 2.60. The van der Waals surface area contributed by atoms with Crippen molar-refractivity contribution in [2.45, 2.75) is 20.3 Å². The Balaban J connectivity index is 1.49. The van der Waals surface area contributed by atoms with Gasteiger partial charge in [0, 0.05) is 42.7 Å². The lowest BCUT2D eigenvalue weighted by molar-refractivity contribution is 0.294. The first-order valence-electron chi connectivity index (χ1n) is 9.05. The summed E-state index contributed by atoms with van der Waals surface area (Å²) < 4.78 is 22.8. The number of H-pyrrole nitrogens is 1. The van der Waals surface area contributed by atoms with Crippen molar-refractivity contribution >= 4 is 15.7 Å². The maximum atomic E-state index is 11.9. The maximum absolute atomic E-state index is 11.9. The number of sulfone groups is 1. The molecule has 0 aliphatic carbocycles. The van der Waals surface area contributed by atoms with E-state index in [4.69, 9.17) is 0 Å². The van der Waals surface area contributed by atoms with Crippen molar-refractivity contribution in [1.82, 2.24) is 19.9 Å². The van der Waals surface area contributed by atoms with E-state index >= 15 is 0 Å². The molecule has 2 aromatic heterocycles. The summed E-state index contributed by atoms with van der Waals surface area (Å²) in [6, 6.07) is 3.73. The Morgan fingerprint density at radius 3 is 2.59 bits per heavy atom. The standard InChI is InChI=1S/C18H25N5O3S/c1-13-14(2)21-17(22-18(13)24)15-4-5-16(20-12-15)19-6-3-7-23-8-10-27(25,26)11-9-23/h4-5,12H,3,6-11H2,1-2H3,(H,19,20)(H,21,22,24). The Kier molecular flexibility index (Phi) is 5.91. The molecule has 3 rings (SSSR count). The number of pyridine rings is 1. The van der Waals surface area contributed by atoms with Crippen LogP contribution in [0.1, 0.15) is 17.7 Å². The van der Waals surface area contributed by atoms with E-state index in [-0.39, 0.29) is 17.1 Å². The third kappa shape index (κ3) is 5.14. The van der Waals surface area contributed by atoms with Gasteiger partial charge in [-0.15, -0.1) is 0 Å². The molecule has 1 aliphatic heterocycles. The van der Waals surface area contributed by atoms with Crippen LogP contribution in [0.25, 0.3) is 11.4 Å². The first-order valence-corrected chi connectivity index (χ1v) is 10.9. The van der Waals surface area contributed by atoms with Crippen LogP contribution >= 0.6 is 0 Å². The molecule has 0 unspecified atom stereocenters. The second-order valence-electron chi connectivity index (χ2n) is 6.83. The zero-order valence-corrected chi connectivity index (χ0v) is 16.5. The molecule has 0 radical (unpaired) electrons. The maximum Gasteiger partial charge on any atom is 0.254 e. The molecule has 0 amide bonds. The predicted octanol–water partition coefficient (Wildman–Crippen LogP) is 0.981. The van der Waals surface area contributed by atoms with Crippen molar-refractivity contribution in [2.24, 2.45) is 0 Å². The topological polar surface area (TPSA) is 108 Å². The lowest BCUT2D eigenvalue weighted by Crippen LogP contribution is -2.41. The van der Waals surface area contributed by atoms with Gasteiger partial charge in [0.15, 0.2) is 9.84 Å². The van der Waals surface area contributed by atoms with E-state index in [1.807, 2.05) is 19.1 Å². The van der Waals surface area contributed by atoms with E-state index in [0.29, 0.717) is 30.2 Å². The average Bonchev–Trinajstić information content (AvgIpc) is 2.64. The van der Waals surface area contributed by atoms with Crippen molar-refractivity contribution < 1.29 is 8.42 Å². The van der Waals surface area contributed by atoms with Crippen LogP contribution in [0, 0.1) is 13.8 Å². The molecule has 0 aromatic carbocycles. The van der Waals surface area contributed by atoms with Gasteiger partial charge < -0.3 is 15.2 Å². The Labute approximate surface area is 159 Å². The van der Waals surface area contributed by atoms with Crippen molar-refractivity contribution in [1.29, 1.82) is 0 Å². The second kappa shape index (κ2) is 8.18. The number of aromatic nitrogens is 3. The monoisotopic (exact) mass is 391 g/mol. The van der Waals surface area contributed by atoms with E-state index in [1.165, 1.54) is 0 Å². The summed E-state index contributed by atoms with van der Waals surface area (Å²) in [4.78, 5) is 25.6. The summed E-state index contributed by atoms with van der Waals surface area (Å²) in [5.41, 5.74) is 1.96. The molecule has 0 spiro atoms. The highest BCUT2D eigenvalue weighted by Crippen LogP contribution is 2.15. The molecule has 3 heterocycles. The number of rotatable bonds is 6. The van der Waals surface area contributed by atoms with Crippen LogP contribution in [0.5, 0.6) is 0 Å². The summed E-state index contributed by atoms with van der Waals surface area (Å²) in [7, 11) is -2.82. The van der Waals surface area contributed by atoms with E-state index in [9.17, 15) is 13.2 Å². The van der Waals surface area contributed by atoms with Crippen molar-refractivity contribution in [3.05, 3.63) is 39.9 Å². The zero-order chi connectivity index (χ0) is 19.4. The highest BCUT2D eigenvalue weighted by Gasteiger charge is 2.20. The van der Waals surface area contributed by atoms with Crippen LogP contribution in [-0.4, -0.2) is 66.0 Å². The van der Waals surface area contributed by atoms with Crippen LogP contribution in [0.3, 0.4) is 0 Å². The van der Waals surface area contributed by atoms with Crippen LogP contribution < -0.4 is 10.9 Å². The summed E-state index contributed by atoms with van der Waals surface area (Å²) in [5.74, 6) is 1.80. The minimum Gasteiger partial charge on any atom is -0.370 e. The Morgan fingerprint density at radius 2 is 1.96 bits per heavy atom. The molecule has 146 valence electrons. The molecule has 9 heteroatoms. The fourth-order valence-corrected chi connectivity index (χ4v) is 4.19. The minimum absolute atomic E-state index is 0.134. The quantitative estimate of drug-likeness (QED) is 0.707. The zero-order valence-electron chi connectivity index (χ0n) is 15.7. The van der Waals surface area contributed by atoms with E-state index in [2.05, 4.69) is 25.2 Å². The average molecular weight is 391 g/mol. The van der Waals surface area contributed by atoms with Gasteiger partial charge in [-0.2, -0.15) is 0 Å². The smallest absolute Gasteiger partial charge is 0.254 e. The largest absolute Gasteiger partial charge is 0.370 e. The molecule has 2 N–H and O–H groups in total. The molecular weight excluding hydrogens is 366 g/mol. The number of aromatic amines is 1. The van der Waals surface area contributed by atoms with Gasteiger partial charge in [-0.1, -0.05) is 0 Å². The number of hydrogen-bond acceptors (Lipinski definition) is 7. The fraction of sp³-hybridized carbons (Fsp3) is 0.500. The second-order valence-corrected chi connectivity index (χ2v) is 9.13. The molecule has 0 saturated carbocycles. The number of nitrogens with one attached hydrogen (secondary N) is 2. The highest BCUT2D eigenvalue weighted by atomic mass is 32.2. The van der Waals surface area contributed by atoms with Gasteiger partial charge in [0.2, 0.25) is 0 Å².